The first-order chi connectivity index (χ1) is 3.79. The topological polar surface area (TPSA) is 3.24 Å². The average Bonchev–Trinajstić information content (AvgIpc) is 1.64. The Morgan fingerprint density at radius 2 is 2.50 bits per heavy atom. The van der Waals surface area contributed by atoms with E-state index < -0.39 is 0 Å². The Kier molecular flexibility index (Phi) is 2.19. The number of allylic oxidation sites excluding steroid dienone is 2. The highest BCUT2D eigenvalue weighted by atomic mass is 127. The second-order valence-electron chi connectivity index (χ2n) is 1.51. The van der Waals surface area contributed by atoms with Crippen molar-refractivity contribution in [1.29, 1.82) is 0 Å². The Labute approximate surface area is 67.3 Å². The van der Waals surface area contributed by atoms with Gasteiger partial charge in [-0.25, -0.2) is 0 Å². The summed E-state index contributed by atoms with van der Waals surface area (Å²) in [6, 6.07) is 0. The molecule has 0 aromatic rings. The van der Waals surface area contributed by atoms with Gasteiger partial charge in [0.05, 0.1) is 6.54 Å². The standard InChI is InChI=1S/C5H5ClIN/c6-8-3-1-2-5(7)4-8/h1-3H,4H2. The van der Waals surface area contributed by atoms with Gasteiger partial charge in [-0.3, -0.25) is 4.42 Å². The molecule has 0 spiro atoms. The van der Waals surface area contributed by atoms with Gasteiger partial charge in [-0.15, -0.1) is 0 Å². The van der Waals surface area contributed by atoms with Gasteiger partial charge >= 0.3 is 0 Å². The predicted molar refractivity (Wildman–Crippen MR) is 43.8 cm³/mol. The van der Waals surface area contributed by atoms with E-state index in [-0.39, 0.29) is 0 Å². The van der Waals surface area contributed by atoms with E-state index in [9.17, 15) is 0 Å². The van der Waals surface area contributed by atoms with Gasteiger partial charge in [-0.2, -0.15) is 0 Å². The third-order valence-electron chi connectivity index (χ3n) is 0.827. The third-order valence-corrected chi connectivity index (χ3v) is 1.76. The maximum atomic E-state index is 5.61. The molecule has 0 amide bonds. The second-order valence-corrected chi connectivity index (χ2v) is 3.33. The van der Waals surface area contributed by atoms with Crippen LogP contribution in [0.25, 0.3) is 0 Å². The average molecular weight is 241 g/mol. The monoisotopic (exact) mass is 241 g/mol. The number of halogens is 2. The Balaban J connectivity index is 2.59. The molecule has 1 heterocycles. The van der Waals surface area contributed by atoms with E-state index in [1.165, 1.54) is 3.58 Å². The summed E-state index contributed by atoms with van der Waals surface area (Å²) in [7, 11) is 0. The molecule has 0 saturated carbocycles. The van der Waals surface area contributed by atoms with E-state index in [2.05, 4.69) is 22.6 Å². The molecule has 8 heavy (non-hydrogen) atoms. The fourth-order valence-corrected chi connectivity index (χ4v) is 1.46. The largest absolute Gasteiger partial charge is 0.288 e. The van der Waals surface area contributed by atoms with Crippen molar-refractivity contribution in [3.8, 4) is 0 Å². The van der Waals surface area contributed by atoms with Crippen molar-refractivity contribution in [2.24, 2.45) is 0 Å². The molecule has 0 aromatic heterocycles. The highest BCUT2D eigenvalue weighted by Gasteiger charge is 1.98. The Bertz CT molecular complexity index is 141. The number of rotatable bonds is 0. The summed E-state index contributed by atoms with van der Waals surface area (Å²) in [4.78, 5) is 0. The van der Waals surface area contributed by atoms with Crippen LogP contribution < -0.4 is 0 Å². The van der Waals surface area contributed by atoms with Crippen LogP contribution >= 0.6 is 34.4 Å². The van der Waals surface area contributed by atoms with E-state index in [1.54, 1.807) is 4.42 Å². The lowest BCUT2D eigenvalue weighted by atomic mass is 10.4. The minimum atomic E-state index is 0.832. The third kappa shape index (κ3) is 1.67. The van der Waals surface area contributed by atoms with Crippen molar-refractivity contribution in [2.75, 3.05) is 6.54 Å². The summed E-state index contributed by atoms with van der Waals surface area (Å²) in [5.74, 6) is 0. The van der Waals surface area contributed by atoms with Crippen LogP contribution in [0.4, 0.5) is 0 Å². The number of hydrogen-bond acceptors (Lipinski definition) is 1. The highest BCUT2D eigenvalue weighted by Crippen LogP contribution is 2.14. The summed E-state index contributed by atoms with van der Waals surface area (Å²) in [5.41, 5.74) is 0. The van der Waals surface area contributed by atoms with E-state index in [0.29, 0.717) is 0 Å². The van der Waals surface area contributed by atoms with Crippen molar-refractivity contribution < 1.29 is 0 Å². The first-order valence-corrected chi connectivity index (χ1v) is 3.66. The van der Waals surface area contributed by atoms with Crippen LogP contribution in [0.5, 0.6) is 0 Å². The van der Waals surface area contributed by atoms with E-state index in [0.717, 1.165) is 6.54 Å². The zero-order valence-electron chi connectivity index (χ0n) is 4.14. The Morgan fingerprint density at radius 1 is 1.75 bits per heavy atom. The lowest BCUT2D eigenvalue weighted by Gasteiger charge is -2.11. The van der Waals surface area contributed by atoms with E-state index in [4.69, 9.17) is 11.8 Å². The fourth-order valence-electron chi connectivity index (χ4n) is 0.491. The lowest BCUT2D eigenvalue weighted by molar-refractivity contribution is 0.667. The maximum absolute atomic E-state index is 5.61. The van der Waals surface area contributed by atoms with Gasteiger partial charge in [0.15, 0.2) is 0 Å². The van der Waals surface area contributed by atoms with Gasteiger partial charge in [0, 0.05) is 21.6 Å². The van der Waals surface area contributed by atoms with Crippen molar-refractivity contribution in [1.82, 2.24) is 4.42 Å². The number of nitrogens with zero attached hydrogens (tertiary/aromatic N) is 1. The van der Waals surface area contributed by atoms with Crippen LogP contribution in [-0.4, -0.2) is 11.0 Å². The second kappa shape index (κ2) is 2.73. The van der Waals surface area contributed by atoms with Crippen molar-refractivity contribution >= 4 is 34.4 Å². The quantitative estimate of drug-likeness (QED) is 0.465. The fraction of sp³-hybridized carbons (Fsp3) is 0.200. The molecule has 0 aromatic carbocycles. The van der Waals surface area contributed by atoms with Gasteiger partial charge < -0.3 is 0 Å². The molecular weight excluding hydrogens is 236 g/mol. The molecular formula is C5H5ClIN. The SMILES string of the molecule is ClN1C=CC=C(I)C1. The Hall–Kier alpha value is 0.300. The van der Waals surface area contributed by atoms with Crippen LogP contribution in [0.2, 0.25) is 0 Å². The van der Waals surface area contributed by atoms with Gasteiger partial charge in [0.1, 0.15) is 0 Å². The normalized spacial score (nSPS) is 18.8. The predicted octanol–water partition coefficient (Wildman–Crippen LogP) is 2.29. The summed E-state index contributed by atoms with van der Waals surface area (Å²) in [6.07, 6.45) is 5.81. The molecule has 0 saturated heterocycles. The molecule has 0 atom stereocenters. The summed E-state index contributed by atoms with van der Waals surface area (Å²) in [5, 5.41) is 0. The van der Waals surface area contributed by atoms with Crippen molar-refractivity contribution in [2.45, 2.75) is 0 Å². The van der Waals surface area contributed by atoms with E-state index in [1.807, 2.05) is 18.4 Å². The van der Waals surface area contributed by atoms with Crippen molar-refractivity contribution in [3.63, 3.8) is 0 Å². The van der Waals surface area contributed by atoms with Gasteiger partial charge in [0.25, 0.3) is 0 Å². The van der Waals surface area contributed by atoms with Crippen LogP contribution in [0, 0.1) is 0 Å². The summed E-state index contributed by atoms with van der Waals surface area (Å²) in [6.45, 7) is 0.832. The molecule has 44 valence electrons. The smallest absolute Gasteiger partial charge is 0.0650 e. The molecule has 1 aliphatic rings. The van der Waals surface area contributed by atoms with Gasteiger partial charge in [-0.05, 0) is 34.7 Å². The molecule has 0 fully saturated rings. The molecule has 0 aliphatic carbocycles. The van der Waals surface area contributed by atoms with Crippen molar-refractivity contribution in [3.05, 3.63) is 21.9 Å². The molecule has 0 radical (unpaired) electrons. The molecule has 3 heteroatoms. The first-order valence-electron chi connectivity index (χ1n) is 2.24. The maximum Gasteiger partial charge on any atom is 0.0650 e. The lowest BCUT2D eigenvalue weighted by Crippen LogP contribution is -2.07. The molecule has 0 bridgehead atoms. The van der Waals surface area contributed by atoms with Crippen LogP contribution in [0.3, 0.4) is 0 Å². The molecule has 1 aliphatic heterocycles. The molecule has 0 N–H and O–H groups in total. The van der Waals surface area contributed by atoms with Crippen LogP contribution in [-0.2, 0) is 0 Å². The summed E-state index contributed by atoms with van der Waals surface area (Å²) < 4.78 is 2.89. The molecule has 0 unspecified atom stereocenters. The zero-order chi connectivity index (χ0) is 5.98. The highest BCUT2D eigenvalue weighted by molar-refractivity contribution is 14.1. The van der Waals surface area contributed by atoms with Crippen LogP contribution in [0.15, 0.2) is 21.9 Å². The minimum Gasteiger partial charge on any atom is -0.288 e. The Morgan fingerprint density at radius 3 is 2.88 bits per heavy atom. The molecule has 1 rings (SSSR count). The van der Waals surface area contributed by atoms with Gasteiger partial charge in [-0.1, -0.05) is 0 Å². The first kappa shape index (κ1) is 6.42. The summed E-state index contributed by atoms with van der Waals surface area (Å²) >= 11 is 7.87. The zero-order valence-corrected chi connectivity index (χ0v) is 7.06. The van der Waals surface area contributed by atoms with Crippen LogP contribution in [0.1, 0.15) is 0 Å². The number of hydrogen-bond donors (Lipinski definition) is 0. The molecule has 1 nitrogen and oxygen atoms in total. The minimum absolute atomic E-state index is 0.832. The van der Waals surface area contributed by atoms with E-state index >= 15 is 0 Å². The van der Waals surface area contributed by atoms with Gasteiger partial charge in [0.2, 0.25) is 0 Å².